The second-order valence-electron chi connectivity index (χ2n) is 7.81. The number of para-hydroxylation sites is 1. The molecule has 166 valence electrons. The smallest absolute Gasteiger partial charge is 0.262 e. The molecule has 1 saturated carbocycles. The number of carbonyl (C=O) groups is 1. The van der Waals surface area contributed by atoms with Crippen LogP contribution in [-0.2, 0) is 10.5 Å². The monoisotopic (exact) mass is 474 g/mol. The number of nitrogens with zero attached hydrogens (tertiary/aromatic N) is 3. The summed E-state index contributed by atoms with van der Waals surface area (Å²) in [4.78, 5) is 34.6. The van der Waals surface area contributed by atoms with Crippen LogP contribution in [0.3, 0.4) is 0 Å². The van der Waals surface area contributed by atoms with Crippen LogP contribution in [0.5, 0.6) is 0 Å². The van der Waals surface area contributed by atoms with Crippen LogP contribution in [0.4, 0.5) is 5.69 Å². The van der Waals surface area contributed by atoms with E-state index in [0.29, 0.717) is 16.1 Å². The number of nitrogens with one attached hydrogen (secondary N) is 1. The zero-order chi connectivity index (χ0) is 22.6. The lowest BCUT2D eigenvalue weighted by molar-refractivity contribution is -0.113. The molecule has 1 aliphatic rings. The number of thioether (sulfide) groups is 2. The number of anilines is 1. The van der Waals surface area contributed by atoms with Gasteiger partial charge in [-0.05, 0) is 54.8 Å². The fraction of sp³-hybridized carbons (Fsp3) is 0.200. The van der Waals surface area contributed by atoms with Crippen molar-refractivity contribution < 1.29 is 4.79 Å². The van der Waals surface area contributed by atoms with Crippen molar-refractivity contribution in [3.8, 4) is 0 Å². The molecule has 33 heavy (non-hydrogen) atoms. The van der Waals surface area contributed by atoms with E-state index in [1.54, 1.807) is 22.5 Å². The molecular formula is C25H22N4O2S2. The summed E-state index contributed by atoms with van der Waals surface area (Å²) in [6.07, 6.45) is 3.73. The van der Waals surface area contributed by atoms with Gasteiger partial charge in [-0.15, -0.1) is 11.8 Å². The van der Waals surface area contributed by atoms with Crippen molar-refractivity contribution in [3.63, 3.8) is 0 Å². The molecule has 2 aromatic carbocycles. The van der Waals surface area contributed by atoms with E-state index in [1.165, 1.54) is 11.8 Å². The summed E-state index contributed by atoms with van der Waals surface area (Å²) in [5.41, 5.74) is 2.50. The fourth-order valence-corrected chi connectivity index (χ4v) is 5.21. The number of hydrogen-bond donors (Lipinski definition) is 1. The lowest BCUT2D eigenvalue weighted by Crippen LogP contribution is -2.23. The van der Waals surface area contributed by atoms with Crippen molar-refractivity contribution in [1.29, 1.82) is 0 Å². The van der Waals surface area contributed by atoms with Gasteiger partial charge in [0.1, 0.15) is 0 Å². The molecule has 1 amide bonds. The first-order chi connectivity index (χ1) is 16.2. The molecule has 0 atom stereocenters. The Hall–Kier alpha value is -3.10. The third-order valence-corrected chi connectivity index (χ3v) is 7.22. The van der Waals surface area contributed by atoms with Crippen molar-refractivity contribution in [2.24, 2.45) is 0 Å². The van der Waals surface area contributed by atoms with Crippen molar-refractivity contribution in [2.75, 3.05) is 11.1 Å². The molecule has 0 bridgehead atoms. The quantitative estimate of drug-likeness (QED) is 0.281. The first-order valence-corrected chi connectivity index (χ1v) is 12.7. The Kier molecular flexibility index (Phi) is 6.46. The van der Waals surface area contributed by atoms with Gasteiger partial charge in [-0.1, -0.05) is 42.1 Å². The molecule has 5 rings (SSSR count). The third kappa shape index (κ3) is 5.29. The van der Waals surface area contributed by atoms with Crippen LogP contribution >= 0.6 is 23.5 Å². The highest BCUT2D eigenvalue weighted by molar-refractivity contribution is 7.99. The van der Waals surface area contributed by atoms with Gasteiger partial charge in [0.25, 0.3) is 5.56 Å². The average Bonchev–Trinajstić information content (AvgIpc) is 3.68. The molecule has 1 N–H and O–H groups in total. The topological polar surface area (TPSA) is 76.9 Å². The third-order valence-electron chi connectivity index (χ3n) is 5.26. The number of pyridine rings is 1. The minimum atomic E-state index is -0.126. The van der Waals surface area contributed by atoms with Crippen molar-refractivity contribution >= 4 is 46.0 Å². The Bertz CT molecular complexity index is 1350. The zero-order valence-corrected chi connectivity index (χ0v) is 19.4. The van der Waals surface area contributed by atoms with Gasteiger partial charge in [0.05, 0.1) is 21.7 Å². The van der Waals surface area contributed by atoms with Crippen molar-refractivity contribution in [2.45, 2.75) is 34.8 Å². The van der Waals surface area contributed by atoms with Crippen LogP contribution in [0.25, 0.3) is 10.9 Å². The Morgan fingerprint density at radius 1 is 1.03 bits per heavy atom. The zero-order valence-electron chi connectivity index (χ0n) is 17.8. The van der Waals surface area contributed by atoms with Crippen LogP contribution in [0.15, 0.2) is 87.9 Å². The number of rotatable bonds is 8. The molecule has 1 fully saturated rings. The highest BCUT2D eigenvalue weighted by Crippen LogP contribution is 2.36. The summed E-state index contributed by atoms with van der Waals surface area (Å²) in [7, 11) is 0. The molecule has 1 aliphatic carbocycles. The van der Waals surface area contributed by atoms with Gasteiger partial charge in [0.2, 0.25) is 5.91 Å². The maximum Gasteiger partial charge on any atom is 0.262 e. The molecule has 4 aromatic rings. The first-order valence-electron chi connectivity index (χ1n) is 10.7. The van der Waals surface area contributed by atoms with E-state index in [2.05, 4.69) is 15.3 Å². The number of aromatic nitrogens is 3. The first kappa shape index (κ1) is 21.7. The predicted molar refractivity (Wildman–Crippen MR) is 134 cm³/mol. The van der Waals surface area contributed by atoms with E-state index in [4.69, 9.17) is 0 Å². The lowest BCUT2D eigenvalue weighted by Gasteiger charge is -2.12. The Morgan fingerprint density at radius 3 is 2.70 bits per heavy atom. The van der Waals surface area contributed by atoms with Crippen LogP contribution in [-0.4, -0.2) is 26.2 Å². The molecule has 2 heterocycles. The van der Waals surface area contributed by atoms with Gasteiger partial charge in [0, 0.05) is 23.7 Å². The van der Waals surface area contributed by atoms with Crippen LogP contribution in [0, 0.1) is 0 Å². The SMILES string of the molecule is O=C(CSc1nc2ccccc2c(=O)n1C1CC1)Nc1cccc(CSc2ccccn2)c1. The van der Waals surface area contributed by atoms with Gasteiger partial charge < -0.3 is 5.32 Å². The number of amides is 1. The summed E-state index contributed by atoms with van der Waals surface area (Å²) in [5.74, 6) is 0.827. The highest BCUT2D eigenvalue weighted by Gasteiger charge is 2.28. The number of hydrogen-bond acceptors (Lipinski definition) is 6. The largest absolute Gasteiger partial charge is 0.325 e. The van der Waals surface area contributed by atoms with Crippen molar-refractivity contribution in [1.82, 2.24) is 14.5 Å². The van der Waals surface area contributed by atoms with Crippen LogP contribution < -0.4 is 10.9 Å². The van der Waals surface area contributed by atoms with Gasteiger partial charge in [-0.2, -0.15) is 0 Å². The lowest BCUT2D eigenvalue weighted by atomic mass is 10.2. The fourth-order valence-electron chi connectivity index (χ4n) is 3.54. The summed E-state index contributed by atoms with van der Waals surface area (Å²) in [6.45, 7) is 0. The normalized spacial score (nSPS) is 13.2. The minimum absolute atomic E-state index is 0.0240. The maximum absolute atomic E-state index is 13.0. The van der Waals surface area contributed by atoms with Crippen molar-refractivity contribution in [3.05, 3.63) is 88.8 Å². The van der Waals surface area contributed by atoms with E-state index in [1.807, 2.05) is 66.7 Å². The Labute approximate surface area is 199 Å². The molecular weight excluding hydrogens is 452 g/mol. The molecule has 0 unspecified atom stereocenters. The second-order valence-corrected chi connectivity index (χ2v) is 9.75. The van der Waals surface area contributed by atoms with E-state index >= 15 is 0 Å². The van der Waals surface area contributed by atoms with Gasteiger partial charge in [-0.25, -0.2) is 9.97 Å². The predicted octanol–water partition coefficient (Wildman–Crippen LogP) is 5.15. The Balaban J connectivity index is 1.25. The standard InChI is InChI=1S/C25H22N4O2S2/c30-22(27-18-7-5-6-17(14-18)15-32-23-10-3-4-13-26-23)16-33-25-28-21-9-2-1-8-20(21)24(31)29(25)19-11-12-19/h1-10,13-14,19H,11-12,15-16H2,(H,27,30). The van der Waals surface area contributed by atoms with E-state index in [0.717, 1.165) is 34.9 Å². The Morgan fingerprint density at radius 2 is 1.88 bits per heavy atom. The van der Waals surface area contributed by atoms with Gasteiger partial charge >= 0.3 is 0 Å². The number of fused-ring (bicyclic) bond motifs is 1. The molecule has 0 spiro atoms. The van der Waals surface area contributed by atoms with Crippen LogP contribution in [0.2, 0.25) is 0 Å². The molecule has 8 heteroatoms. The summed E-state index contributed by atoms with van der Waals surface area (Å²) in [5, 5.41) is 5.16. The maximum atomic E-state index is 13.0. The molecule has 2 aromatic heterocycles. The highest BCUT2D eigenvalue weighted by atomic mass is 32.2. The van der Waals surface area contributed by atoms with E-state index in [9.17, 15) is 9.59 Å². The van der Waals surface area contributed by atoms with Gasteiger partial charge in [0.15, 0.2) is 5.16 Å². The minimum Gasteiger partial charge on any atom is -0.325 e. The average molecular weight is 475 g/mol. The molecule has 0 radical (unpaired) electrons. The summed E-state index contributed by atoms with van der Waals surface area (Å²) >= 11 is 2.96. The number of benzene rings is 2. The van der Waals surface area contributed by atoms with E-state index in [-0.39, 0.29) is 23.3 Å². The van der Waals surface area contributed by atoms with Gasteiger partial charge in [-0.3, -0.25) is 14.2 Å². The summed E-state index contributed by atoms with van der Waals surface area (Å²) in [6, 6.07) is 21.2. The second kappa shape index (κ2) is 9.80. The molecule has 0 saturated heterocycles. The molecule has 6 nitrogen and oxygen atoms in total. The molecule has 0 aliphatic heterocycles. The van der Waals surface area contributed by atoms with E-state index < -0.39 is 0 Å². The van der Waals surface area contributed by atoms with Crippen LogP contribution in [0.1, 0.15) is 24.4 Å². The number of carbonyl (C=O) groups excluding carboxylic acids is 1. The summed E-state index contributed by atoms with van der Waals surface area (Å²) < 4.78 is 1.76.